The zero-order chi connectivity index (χ0) is 18.7. The summed E-state index contributed by atoms with van der Waals surface area (Å²) in [6, 6.07) is 12.1. The van der Waals surface area contributed by atoms with E-state index in [0.717, 1.165) is 11.3 Å². The van der Waals surface area contributed by atoms with Crippen molar-refractivity contribution in [2.75, 3.05) is 5.32 Å². The van der Waals surface area contributed by atoms with Gasteiger partial charge in [-0.1, -0.05) is 29.4 Å². The molecule has 26 heavy (non-hydrogen) atoms. The van der Waals surface area contributed by atoms with E-state index in [1.807, 2.05) is 31.2 Å². The fraction of sp³-hybridized carbons (Fsp3) is 0.200. The summed E-state index contributed by atoms with van der Waals surface area (Å²) in [5.74, 6) is 0.356. The number of rotatable bonds is 5. The first-order chi connectivity index (χ1) is 12.5. The van der Waals surface area contributed by atoms with Crippen molar-refractivity contribution in [1.82, 2.24) is 5.16 Å². The number of hydrogen-bond donors (Lipinski definition) is 1. The Morgan fingerprint density at radius 3 is 2.65 bits per heavy atom. The second kappa shape index (κ2) is 7.39. The summed E-state index contributed by atoms with van der Waals surface area (Å²) >= 11 is 0. The number of amides is 1. The first kappa shape index (κ1) is 17.7. The maximum atomic E-state index is 13.7. The van der Waals surface area contributed by atoms with Crippen LogP contribution in [0.15, 0.2) is 47.0 Å². The Morgan fingerprint density at radius 1 is 1.15 bits per heavy atom. The molecule has 6 heteroatoms. The van der Waals surface area contributed by atoms with Crippen molar-refractivity contribution in [2.24, 2.45) is 0 Å². The first-order valence-electron chi connectivity index (χ1n) is 8.17. The molecule has 0 aliphatic rings. The molecular formula is C20H19FN2O3. The summed E-state index contributed by atoms with van der Waals surface area (Å²) in [6.07, 6.45) is 0. The molecule has 5 nitrogen and oxygen atoms in total. The Balaban J connectivity index is 1.77. The van der Waals surface area contributed by atoms with Crippen LogP contribution in [0.5, 0.6) is 5.75 Å². The van der Waals surface area contributed by atoms with Gasteiger partial charge in [0.05, 0.1) is 5.56 Å². The molecule has 1 aromatic heterocycles. The molecule has 0 saturated heterocycles. The number of aromatic nitrogens is 1. The van der Waals surface area contributed by atoms with Gasteiger partial charge in [0.25, 0.3) is 5.91 Å². The largest absolute Gasteiger partial charge is 0.488 e. The summed E-state index contributed by atoms with van der Waals surface area (Å²) in [7, 11) is 0. The second-order valence-electron chi connectivity index (χ2n) is 6.04. The molecule has 0 bridgehead atoms. The van der Waals surface area contributed by atoms with Crippen LogP contribution < -0.4 is 10.1 Å². The van der Waals surface area contributed by atoms with Gasteiger partial charge < -0.3 is 14.6 Å². The van der Waals surface area contributed by atoms with Crippen LogP contribution in [0.25, 0.3) is 0 Å². The van der Waals surface area contributed by atoms with Crippen molar-refractivity contribution >= 4 is 11.6 Å². The number of carbonyl (C=O) groups is 1. The van der Waals surface area contributed by atoms with Crippen molar-refractivity contribution in [3.8, 4) is 5.75 Å². The van der Waals surface area contributed by atoms with Gasteiger partial charge in [-0.25, -0.2) is 4.39 Å². The van der Waals surface area contributed by atoms with Gasteiger partial charge in [0.1, 0.15) is 23.9 Å². The van der Waals surface area contributed by atoms with Crippen LogP contribution in [0, 0.1) is 26.6 Å². The summed E-state index contributed by atoms with van der Waals surface area (Å²) in [4.78, 5) is 12.5. The molecule has 0 aliphatic carbocycles. The molecule has 0 saturated carbocycles. The second-order valence-corrected chi connectivity index (χ2v) is 6.04. The normalized spacial score (nSPS) is 10.6. The standard InChI is InChI=1S/C20H19FN2O3/c1-12-8-9-15(10-17(12)21)22-20(24)19-16(14(3)26-23-19)11-25-18-7-5-4-6-13(18)2/h4-10H,11H2,1-3H3,(H,22,24). The number of nitrogens with one attached hydrogen (secondary N) is 1. The molecule has 1 N–H and O–H groups in total. The van der Waals surface area contributed by atoms with Gasteiger partial charge in [0.15, 0.2) is 5.69 Å². The van der Waals surface area contributed by atoms with E-state index in [4.69, 9.17) is 9.26 Å². The van der Waals surface area contributed by atoms with Gasteiger partial charge in [-0.3, -0.25) is 4.79 Å². The van der Waals surface area contributed by atoms with Crippen molar-refractivity contribution in [1.29, 1.82) is 0 Å². The highest BCUT2D eigenvalue weighted by molar-refractivity contribution is 6.03. The molecule has 0 radical (unpaired) electrons. The molecule has 3 rings (SSSR count). The maximum absolute atomic E-state index is 13.7. The number of halogens is 1. The van der Waals surface area contributed by atoms with Crippen molar-refractivity contribution < 1.29 is 18.4 Å². The number of hydrogen-bond acceptors (Lipinski definition) is 4. The fourth-order valence-corrected chi connectivity index (χ4v) is 2.47. The van der Waals surface area contributed by atoms with E-state index in [1.54, 1.807) is 26.0 Å². The molecule has 2 aromatic carbocycles. The van der Waals surface area contributed by atoms with Crippen LogP contribution in [0.4, 0.5) is 10.1 Å². The minimum atomic E-state index is -0.478. The lowest BCUT2D eigenvalue weighted by Gasteiger charge is -2.09. The monoisotopic (exact) mass is 354 g/mol. The molecular weight excluding hydrogens is 335 g/mol. The third kappa shape index (κ3) is 3.74. The Labute approximate surface area is 150 Å². The average molecular weight is 354 g/mol. The summed E-state index contributed by atoms with van der Waals surface area (Å²) in [5.41, 5.74) is 2.52. The summed E-state index contributed by atoms with van der Waals surface area (Å²) in [5, 5.41) is 6.46. The molecule has 0 spiro atoms. The molecule has 1 amide bonds. The van der Waals surface area contributed by atoms with E-state index in [0.29, 0.717) is 22.6 Å². The first-order valence-corrected chi connectivity index (χ1v) is 8.17. The van der Waals surface area contributed by atoms with Gasteiger partial charge in [-0.2, -0.15) is 0 Å². The SMILES string of the molecule is Cc1ccc(NC(=O)c2noc(C)c2COc2ccccc2C)cc1F. The van der Waals surface area contributed by atoms with E-state index in [-0.39, 0.29) is 18.1 Å². The number of anilines is 1. The van der Waals surface area contributed by atoms with Gasteiger partial charge in [-0.05, 0) is 50.1 Å². The predicted octanol–water partition coefficient (Wildman–Crippen LogP) is 4.57. The molecule has 3 aromatic rings. The molecule has 0 aliphatic heterocycles. The zero-order valence-corrected chi connectivity index (χ0v) is 14.8. The Bertz CT molecular complexity index is 950. The Kier molecular flexibility index (Phi) is 5.02. The number of aryl methyl sites for hydroxylation is 3. The molecule has 0 unspecified atom stereocenters. The molecule has 0 fully saturated rings. The van der Waals surface area contributed by atoms with Crippen LogP contribution in [-0.4, -0.2) is 11.1 Å². The Hall–Kier alpha value is -3.15. The maximum Gasteiger partial charge on any atom is 0.278 e. The number of carbonyl (C=O) groups excluding carboxylic acids is 1. The van der Waals surface area contributed by atoms with Crippen LogP contribution >= 0.6 is 0 Å². The third-order valence-corrected chi connectivity index (χ3v) is 4.10. The molecule has 134 valence electrons. The van der Waals surface area contributed by atoms with Crippen LogP contribution in [0.3, 0.4) is 0 Å². The quantitative estimate of drug-likeness (QED) is 0.729. The lowest BCUT2D eigenvalue weighted by atomic mass is 10.1. The van der Waals surface area contributed by atoms with Crippen molar-refractivity contribution in [2.45, 2.75) is 27.4 Å². The van der Waals surface area contributed by atoms with Gasteiger partial charge in [-0.15, -0.1) is 0 Å². The fourth-order valence-electron chi connectivity index (χ4n) is 2.47. The smallest absolute Gasteiger partial charge is 0.278 e. The summed E-state index contributed by atoms with van der Waals surface area (Å²) < 4.78 is 24.6. The average Bonchev–Trinajstić information content (AvgIpc) is 2.98. The highest BCUT2D eigenvalue weighted by atomic mass is 19.1. The number of nitrogens with zero attached hydrogens (tertiary/aromatic N) is 1. The van der Waals surface area contributed by atoms with Gasteiger partial charge in [0, 0.05) is 5.69 Å². The number of ether oxygens (including phenoxy) is 1. The number of para-hydroxylation sites is 1. The zero-order valence-electron chi connectivity index (χ0n) is 14.8. The lowest BCUT2D eigenvalue weighted by molar-refractivity contribution is 0.101. The van der Waals surface area contributed by atoms with E-state index >= 15 is 0 Å². The highest BCUT2D eigenvalue weighted by Gasteiger charge is 2.21. The van der Waals surface area contributed by atoms with E-state index < -0.39 is 5.91 Å². The van der Waals surface area contributed by atoms with Gasteiger partial charge in [0.2, 0.25) is 0 Å². The van der Waals surface area contributed by atoms with E-state index in [9.17, 15) is 9.18 Å². The van der Waals surface area contributed by atoms with Crippen LogP contribution in [0.1, 0.15) is 32.9 Å². The summed E-state index contributed by atoms with van der Waals surface area (Å²) in [6.45, 7) is 5.45. The number of benzene rings is 2. The predicted molar refractivity (Wildman–Crippen MR) is 95.8 cm³/mol. The lowest BCUT2D eigenvalue weighted by Crippen LogP contribution is -2.15. The molecule has 0 atom stereocenters. The highest BCUT2D eigenvalue weighted by Crippen LogP contribution is 2.22. The van der Waals surface area contributed by atoms with Crippen molar-refractivity contribution in [3.63, 3.8) is 0 Å². The van der Waals surface area contributed by atoms with E-state index in [2.05, 4.69) is 10.5 Å². The minimum Gasteiger partial charge on any atom is -0.488 e. The minimum absolute atomic E-state index is 0.122. The Morgan fingerprint density at radius 2 is 1.92 bits per heavy atom. The van der Waals surface area contributed by atoms with Crippen LogP contribution in [0.2, 0.25) is 0 Å². The molecule has 1 heterocycles. The van der Waals surface area contributed by atoms with Crippen LogP contribution in [-0.2, 0) is 6.61 Å². The third-order valence-electron chi connectivity index (χ3n) is 4.10. The van der Waals surface area contributed by atoms with Crippen molar-refractivity contribution in [3.05, 3.63) is 76.4 Å². The van der Waals surface area contributed by atoms with E-state index in [1.165, 1.54) is 6.07 Å². The topological polar surface area (TPSA) is 64.4 Å². The van der Waals surface area contributed by atoms with Gasteiger partial charge >= 0.3 is 0 Å².